The van der Waals surface area contributed by atoms with Crippen LogP contribution in [-0.2, 0) is 19.4 Å². The third-order valence-electron chi connectivity index (χ3n) is 4.55. The lowest BCUT2D eigenvalue weighted by Gasteiger charge is -2.27. The summed E-state index contributed by atoms with van der Waals surface area (Å²) in [4.78, 5) is 28.6. The van der Waals surface area contributed by atoms with Crippen LogP contribution >= 0.6 is 24.0 Å². The van der Waals surface area contributed by atoms with E-state index in [0.29, 0.717) is 28.0 Å². The third kappa shape index (κ3) is 4.61. The van der Waals surface area contributed by atoms with Crippen LogP contribution in [-0.4, -0.2) is 65.0 Å². The van der Waals surface area contributed by atoms with Crippen molar-refractivity contribution in [3.8, 4) is 0 Å². The van der Waals surface area contributed by atoms with E-state index in [1.165, 1.54) is 22.9 Å². The molecule has 2 fully saturated rings. The second-order valence-electron chi connectivity index (χ2n) is 6.34. The van der Waals surface area contributed by atoms with Crippen LogP contribution in [0, 0.1) is 0 Å². The fraction of sp³-hybridized carbons (Fsp3) is 0.471. The van der Waals surface area contributed by atoms with Crippen molar-refractivity contribution in [2.45, 2.75) is 25.8 Å². The molecule has 1 aromatic rings. The number of sulfone groups is 1. The molecule has 2 aliphatic rings. The minimum Gasteiger partial charge on any atom is -0.465 e. The number of hydrogen-bond acceptors (Lipinski definition) is 7. The van der Waals surface area contributed by atoms with Crippen LogP contribution in [0.4, 0.5) is 0 Å². The van der Waals surface area contributed by atoms with Gasteiger partial charge in [0.2, 0.25) is 5.91 Å². The molecule has 0 spiro atoms. The zero-order chi connectivity index (χ0) is 19.6. The molecule has 2 aliphatic heterocycles. The number of nitrogens with zero attached hydrogens (tertiary/aromatic N) is 2. The van der Waals surface area contributed by atoms with Gasteiger partial charge in [0.1, 0.15) is 10.1 Å². The number of hydrogen-bond donors (Lipinski definition) is 0. The van der Waals surface area contributed by atoms with Crippen molar-refractivity contribution in [3.63, 3.8) is 0 Å². The first-order valence-corrected chi connectivity index (χ1v) is 11.6. The van der Waals surface area contributed by atoms with Gasteiger partial charge in [-0.1, -0.05) is 24.0 Å². The molecule has 7 nitrogen and oxygen atoms in total. The maximum atomic E-state index is 12.6. The first-order chi connectivity index (χ1) is 12.8. The minimum atomic E-state index is -3.06. The van der Waals surface area contributed by atoms with E-state index in [2.05, 4.69) is 0 Å². The number of thioether (sulfide) groups is 1. The van der Waals surface area contributed by atoms with Gasteiger partial charge in [0.15, 0.2) is 9.84 Å². The first kappa shape index (κ1) is 20.1. The quantitative estimate of drug-likeness (QED) is 0.505. The van der Waals surface area contributed by atoms with Gasteiger partial charge >= 0.3 is 0 Å². The molecule has 3 rings (SSSR count). The Hall–Kier alpha value is -1.65. The number of amides is 2. The zero-order valence-electron chi connectivity index (χ0n) is 14.8. The van der Waals surface area contributed by atoms with Gasteiger partial charge in [0, 0.05) is 31.6 Å². The summed E-state index contributed by atoms with van der Waals surface area (Å²) in [5, 5.41) is 0. The van der Waals surface area contributed by atoms with E-state index in [1.807, 2.05) is 6.92 Å². The molecule has 10 heteroatoms. The van der Waals surface area contributed by atoms with Crippen molar-refractivity contribution in [2.75, 3.05) is 24.6 Å². The third-order valence-corrected chi connectivity index (χ3v) is 7.68. The highest BCUT2D eigenvalue weighted by atomic mass is 32.2. The molecule has 3 heterocycles. The molecule has 0 aliphatic carbocycles. The van der Waals surface area contributed by atoms with Crippen molar-refractivity contribution in [1.82, 2.24) is 9.80 Å². The Kier molecular flexibility index (Phi) is 6.07. The highest BCUT2D eigenvalue weighted by Crippen LogP contribution is 2.32. The van der Waals surface area contributed by atoms with E-state index < -0.39 is 9.84 Å². The topological polar surface area (TPSA) is 87.9 Å². The van der Waals surface area contributed by atoms with Crippen LogP contribution < -0.4 is 0 Å². The van der Waals surface area contributed by atoms with Gasteiger partial charge in [0.05, 0.1) is 22.7 Å². The van der Waals surface area contributed by atoms with E-state index in [0.717, 1.165) is 0 Å². The van der Waals surface area contributed by atoms with Gasteiger partial charge < -0.3 is 9.32 Å². The standard InChI is InChI=1S/C17H20N2O5S3/c1-2-18(12-6-9-27(22,23)11-12)15(20)5-7-19-16(21)14(26-17(19)25)10-13-4-3-8-24-13/h3-4,8,10,12H,2,5-7,9,11H2,1H3. The largest absolute Gasteiger partial charge is 0.465 e. The number of carbonyl (C=O) groups excluding carboxylic acids is 2. The lowest BCUT2D eigenvalue weighted by atomic mass is 10.2. The molecule has 0 saturated carbocycles. The van der Waals surface area contributed by atoms with E-state index in [4.69, 9.17) is 16.6 Å². The average Bonchev–Trinajstić information content (AvgIpc) is 3.29. The SMILES string of the molecule is CCN(C(=O)CCN1C(=O)C(=Cc2ccco2)SC1=S)C1CCS(=O)(=O)C1. The molecule has 2 amide bonds. The Morgan fingerprint density at radius 2 is 2.30 bits per heavy atom. The van der Waals surface area contributed by atoms with E-state index >= 15 is 0 Å². The highest BCUT2D eigenvalue weighted by molar-refractivity contribution is 8.26. The summed E-state index contributed by atoms with van der Waals surface area (Å²) in [7, 11) is -3.06. The lowest BCUT2D eigenvalue weighted by Crippen LogP contribution is -2.42. The van der Waals surface area contributed by atoms with Gasteiger partial charge in [-0.15, -0.1) is 0 Å². The second-order valence-corrected chi connectivity index (χ2v) is 10.2. The lowest BCUT2D eigenvalue weighted by molar-refractivity contribution is -0.133. The molecular formula is C17H20N2O5S3. The van der Waals surface area contributed by atoms with E-state index in [1.54, 1.807) is 23.1 Å². The summed E-state index contributed by atoms with van der Waals surface area (Å²) >= 11 is 6.44. The van der Waals surface area contributed by atoms with Gasteiger partial charge in [-0.05, 0) is 25.5 Å². The Morgan fingerprint density at radius 1 is 1.52 bits per heavy atom. The molecule has 146 valence electrons. The average molecular weight is 429 g/mol. The van der Waals surface area contributed by atoms with Crippen LogP contribution in [0.2, 0.25) is 0 Å². The van der Waals surface area contributed by atoms with Crippen molar-refractivity contribution < 1.29 is 22.4 Å². The molecule has 27 heavy (non-hydrogen) atoms. The van der Waals surface area contributed by atoms with Crippen LogP contribution in [0.5, 0.6) is 0 Å². The van der Waals surface area contributed by atoms with Crippen LogP contribution in [0.25, 0.3) is 6.08 Å². The second kappa shape index (κ2) is 8.15. The van der Waals surface area contributed by atoms with Crippen LogP contribution in [0.15, 0.2) is 27.7 Å². The molecule has 1 atom stereocenters. The molecule has 0 aromatic carbocycles. The zero-order valence-corrected chi connectivity index (χ0v) is 17.2. The van der Waals surface area contributed by atoms with Crippen molar-refractivity contribution >= 4 is 56.0 Å². The summed E-state index contributed by atoms with van der Waals surface area (Å²) in [6, 6.07) is 3.19. The Bertz CT molecular complexity index is 876. The van der Waals surface area contributed by atoms with Gasteiger partial charge in [0.25, 0.3) is 5.91 Å². The number of thiocarbonyl (C=S) groups is 1. The monoisotopic (exact) mass is 428 g/mol. The van der Waals surface area contributed by atoms with E-state index in [-0.39, 0.29) is 42.3 Å². The minimum absolute atomic E-state index is 0.0134. The molecule has 0 N–H and O–H groups in total. The Labute approximate surface area is 167 Å². The molecule has 1 aromatic heterocycles. The fourth-order valence-corrected chi connectivity index (χ4v) is 6.23. The molecule has 0 bridgehead atoms. The molecular weight excluding hydrogens is 408 g/mol. The first-order valence-electron chi connectivity index (χ1n) is 8.59. The predicted molar refractivity (Wildman–Crippen MR) is 108 cm³/mol. The molecule has 0 radical (unpaired) electrons. The van der Waals surface area contributed by atoms with Crippen molar-refractivity contribution in [1.29, 1.82) is 0 Å². The Balaban J connectivity index is 1.61. The maximum Gasteiger partial charge on any atom is 0.266 e. The van der Waals surface area contributed by atoms with Gasteiger partial charge in [-0.2, -0.15) is 0 Å². The number of rotatable bonds is 6. The summed E-state index contributed by atoms with van der Waals surface area (Å²) in [5.41, 5.74) is 0. The highest BCUT2D eigenvalue weighted by Gasteiger charge is 2.36. The van der Waals surface area contributed by atoms with E-state index in [9.17, 15) is 18.0 Å². The van der Waals surface area contributed by atoms with Crippen LogP contribution in [0.3, 0.4) is 0 Å². The molecule has 2 saturated heterocycles. The maximum absolute atomic E-state index is 12.6. The van der Waals surface area contributed by atoms with Crippen LogP contribution in [0.1, 0.15) is 25.5 Å². The number of carbonyl (C=O) groups is 2. The summed E-state index contributed by atoms with van der Waals surface area (Å²) in [6.07, 6.45) is 3.72. The van der Waals surface area contributed by atoms with Gasteiger partial charge in [-0.3, -0.25) is 14.5 Å². The normalized spacial score (nSPS) is 23.4. The Morgan fingerprint density at radius 3 is 2.89 bits per heavy atom. The number of furan rings is 1. The molecule has 1 unspecified atom stereocenters. The van der Waals surface area contributed by atoms with Crippen molar-refractivity contribution in [3.05, 3.63) is 29.1 Å². The fourth-order valence-electron chi connectivity index (χ4n) is 3.21. The van der Waals surface area contributed by atoms with Gasteiger partial charge in [-0.25, -0.2) is 8.42 Å². The smallest absolute Gasteiger partial charge is 0.266 e. The summed E-state index contributed by atoms with van der Waals surface area (Å²) in [5.74, 6) is 0.281. The summed E-state index contributed by atoms with van der Waals surface area (Å²) < 4.78 is 29.0. The van der Waals surface area contributed by atoms with Crippen molar-refractivity contribution in [2.24, 2.45) is 0 Å². The predicted octanol–water partition coefficient (Wildman–Crippen LogP) is 1.91. The summed E-state index contributed by atoms with van der Waals surface area (Å²) in [6.45, 7) is 2.44.